The molecule has 1 aliphatic carbocycles. The number of nitrogens with zero attached hydrogens (tertiary/aromatic N) is 6. The van der Waals surface area contributed by atoms with Crippen LogP contribution in [0.25, 0.3) is 27.8 Å². The summed E-state index contributed by atoms with van der Waals surface area (Å²) < 4.78 is 9.58. The van der Waals surface area contributed by atoms with Crippen LogP contribution in [0, 0.1) is 12.8 Å². The molecule has 0 radical (unpaired) electrons. The van der Waals surface area contributed by atoms with Gasteiger partial charge in [0, 0.05) is 30.1 Å². The summed E-state index contributed by atoms with van der Waals surface area (Å²) in [6.07, 6.45) is 12.0. The number of aryl methyl sites for hydroxylation is 1. The van der Waals surface area contributed by atoms with Gasteiger partial charge in [0.1, 0.15) is 17.7 Å². The number of rotatable bonds is 4. The molecule has 4 aromatic rings. The molecule has 7 heteroatoms. The zero-order valence-corrected chi connectivity index (χ0v) is 16.3. The van der Waals surface area contributed by atoms with Gasteiger partial charge in [-0.25, -0.2) is 14.5 Å². The molecular formula is C21H24N6O. The summed E-state index contributed by atoms with van der Waals surface area (Å²) in [5.74, 6) is 2.33. The number of hydrogen-bond acceptors (Lipinski definition) is 5. The highest BCUT2D eigenvalue weighted by molar-refractivity contribution is 5.87. The number of ether oxygens (including phenoxy) is 1. The van der Waals surface area contributed by atoms with Crippen LogP contribution in [0.5, 0.6) is 5.88 Å². The van der Waals surface area contributed by atoms with Gasteiger partial charge in [-0.3, -0.25) is 0 Å². The van der Waals surface area contributed by atoms with Crippen LogP contribution in [0.1, 0.15) is 37.9 Å². The predicted molar refractivity (Wildman–Crippen MR) is 107 cm³/mol. The van der Waals surface area contributed by atoms with Crippen molar-refractivity contribution in [3.63, 3.8) is 0 Å². The zero-order valence-electron chi connectivity index (χ0n) is 16.3. The van der Waals surface area contributed by atoms with Crippen molar-refractivity contribution >= 4 is 16.7 Å². The number of hydrogen-bond donors (Lipinski definition) is 0. The maximum Gasteiger partial charge on any atom is 0.241 e. The summed E-state index contributed by atoms with van der Waals surface area (Å²) in [6, 6.07) is 4.22. The van der Waals surface area contributed by atoms with E-state index in [0.29, 0.717) is 5.88 Å². The Balaban J connectivity index is 1.61. The van der Waals surface area contributed by atoms with Crippen molar-refractivity contribution in [2.45, 2.75) is 45.6 Å². The van der Waals surface area contributed by atoms with Crippen LogP contribution in [-0.4, -0.2) is 36.2 Å². The van der Waals surface area contributed by atoms with E-state index in [1.807, 2.05) is 18.5 Å². The third kappa shape index (κ3) is 2.82. The topological polar surface area (TPSA) is 70.1 Å². The van der Waals surface area contributed by atoms with Crippen LogP contribution >= 0.6 is 0 Å². The first-order chi connectivity index (χ1) is 13.7. The smallest absolute Gasteiger partial charge is 0.241 e. The number of imidazole rings is 1. The molecule has 5 rings (SSSR count). The van der Waals surface area contributed by atoms with Gasteiger partial charge in [0.15, 0.2) is 5.65 Å². The molecule has 0 aromatic carbocycles. The molecule has 0 saturated heterocycles. The summed E-state index contributed by atoms with van der Waals surface area (Å²) >= 11 is 0. The summed E-state index contributed by atoms with van der Waals surface area (Å²) in [6.45, 7) is 3.10. The normalized spacial score (nSPS) is 15.5. The maximum absolute atomic E-state index is 5.45. The largest absolute Gasteiger partial charge is 0.479 e. The van der Waals surface area contributed by atoms with Crippen LogP contribution < -0.4 is 4.74 Å². The summed E-state index contributed by atoms with van der Waals surface area (Å²) in [5.41, 5.74) is 4.78. The van der Waals surface area contributed by atoms with Gasteiger partial charge in [-0.05, 0) is 37.8 Å². The first kappa shape index (κ1) is 17.2. The minimum absolute atomic E-state index is 0.557. The van der Waals surface area contributed by atoms with Crippen molar-refractivity contribution in [1.82, 2.24) is 29.1 Å². The fourth-order valence-corrected chi connectivity index (χ4v) is 4.43. The van der Waals surface area contributed by atoms with E-state index in [1.54, 1.807) is 11.6 Å². The van der Waals surface area contributed by atoms with E-state index in [4.69, 9.17) is 9.72 Å². The predicted octanol–water partition coefficient (Wildman–Crippen LogP) is 4.04. The molecule has 4 heterocycles. The monoisotopic (exact) mass is 376 g/mol. The van der Waals surface area contributed by atoms with E-state index in [0.717, 1.165) is 46.1 Å². The Morgan fingerprint density at radius 3 is 2.86 bits per heavy atom. The molecule has 4 aromatic heterocycles. The quantitative estimate of drug-likeness (QED) is 0.538. The van der Waals surface area contributed by atoms with E-state index in [-0.39, 0.29) is 0 Å². The molecule has 0 bridgehead atoms. The molecule has 7 nitrogen and oxygen atoms in total. The highest BCUT2D eigenvalue weighted by Gasteiger charge is 2.19. The Bertz CT molecular complexity index is 1140. The summed E-state index contributed by atoms with van der Waals surface area (Å²) in [5, 5.41) is 4.28. The lowest BCUT2D eigenvalue weighted by atomic mass is 9.89. The Morgan fingerprint density at radius 1 is 1.18 bits per heavy atom. The van der Waals surface area contributed by atoms with Crippen molar-refractivity contribution < 1.29 is 4.74 Å². The molecule has 28 heavy (non-hydrogen) atoms. The van der Waals surface area contributed by atoms with Gasteiger partial charge in [-0.1, -0.05) is 19.3 Å². The number of fused-ring (bicyclic) bond motifs is 2. The van der Waals surface area contributed by atoms with E-state index >= 15 is 0 Å². The van der Waals surface area contributed by atoms with Crippen LogP contribution in [0.3, 0.4) is 0 Å². The van der Waals surface area contributed by atoms with Crippen molar-refractivity contribution in [2.24, 2.45) is 5.92 Å². The second-order valence-electron chi connectivity index (χ2n) is 7.63. The molecule has 1 aliphatic rings. The van der Waals surface area contributed by atoms with Crippen molar-refractivity contribution in [3.05, 3.63) is 36.7 Å². The van der Waals surface area contributed by atoms with Gasteiger partial charge in [0.2, 0.25) is 5.88 Å². The van der Waals surface area contributed by atoms with E-state index in [2.05, 4.69) is 32.6 Å². The molecule has 0 aliphatic heterocycles. The second-order valence-corrected chi connectivity index (χ2v) is 7.63. The number of methoxy groups -OCH3 is 1. The van der Waals surface area contributed by atoms with Crippen molar-refractivity contribution in [1.29, 1.82) is 0 Å². The van der Waals surface area contributed by atoms with Gasteiger partial charge in [0.05, 0.1) is 12.6 Å². The maximum atomic E-state index is 5.45. The summed E-state index contributed by atoms with van der Waals surface area (Å²) in [7, 11) is 1.63. The van der Waals surface area contributed by atoms with Crippen LogP contribution in [0.15, 0.2) is 30.9 Å². The zero-order chi connectivity index (χ0) is 19.1. The molecule has 0 unspecified atom stereocenters. The average molecular weight is 376 g/mol. The fraction of sp³-hybridized carbons (Fsp3) is 0.429. The van der Waals surface area contributed by atoms with Gasteiger partial charge < -0.3 is 9.30 Å². The lowest BCUT2D eigenvalue weighted by molar-refractivity contribution is 0.320. The molecule has 0 spiro atoms. The van der Waals surface area contributed by atoms with Crippen LogP contribution in [-0.2, 0) is 6.54 Å². The molecule has 1 fully saturated rings. The first-order valence-corrected chi connectivity index (χ1v) is 9.94. The Hall–Kier alpha value is -2.96. The third-order valence-corrected chi connectivity index (χ3v) is 5.89. The Kier molecular flexibility index (Phi) is 4.22. The molecule has 0 atom stereocenters. The van der Waals surface area contributed by atoms with E-state index < -0.39 is 0 Å². The standard InChI is InChI=1S/C21H24N6O/c1-14-25-20-18(26(14)12-15-6-4-3-5-7-15)10-16(11-22-20)17-8-9-27-19(17)21(28-2)23-13-24-27/h8-11,13,15H,3-7,12H2,1-2H3. The SMILES string of the molecule is COc1ncnn2ccc(-c3cnc4nc(C)n(CC5CCCCC5)c4c3)c12. The average Bonchev–Trinajstić information content (AvgIpc) is 3.30. The minimum atomic E-state index is 0.557. The lowest BCUT2D eigenvalue weighted by Crippen LogP contribution is -2.15. The van der Waals surface area contributed by atoms with E-state index in [9.17, 15) is 0 Å². The first-order valence-electron chi connectivity index (χ1n) is 9.94. The minimum Gasteiger partial charge on any atom is -0.479 e. The van der Waals surface area contributed by atoms with Crippen LogP contribution in [0.2, 0.25) is 0 Å². The second kappa shape index (κ2) is 6.89. The molecule has 0 N–H and O–H groups in total. The van der Waals surface area contributed by atoms with Crippen LogP contribution in [0.4, 0.5) is 0 Å². The van der Waals surface area contributed by atoms with Gasteiger partial charge in [-0.15, -0.1) is 0 Å². The highest BCUT2D eigenvalue weighted by Crippen LogP contribution is 2.32. The molecular weight excluding hydrogens is 352 g/mol. The lowest BCUT2D eigenvalue weighted by Gasteiger charge is -2.22. The summed E-state index contributed by atoms with van der Waals surface area (Å²) in [4.78, 5) is 13.6. The van der Waals surface area contributed by atoms with Gasteiger partial charge in [0.25, 0.3) is 0 Å². The third-order valence-electron chi connectivity index (χ3n) is 5.89. The number of pyridine rings is 1. The fourth-order valence-electron chi connectivity index (χ4n) is 4.43. The molecule has 1 saturated carbocycles. The van der Waals surface area contributed by atoms with Crippen molar-refractivity contribution in [3.8, 4) is 17.0 Å². The van der Waals surface area contributed by atoms with Gasteiger partial charge in [-0.2, -0.15) is 10.1 Å². The van der Waals surface area contributed by atoms with E-state index in [1.165, 1.54) is 38.4 Å². The number of aromatic nitrogens is 6. The molecule has 144 valence electrons. The highest BCUT2D eigenvalue weighted by atomic mass is 16.5. The Labute approximate surface area is 163 Å². The van der Waals surface area contributed by atoms with Gasteiger partial charge >= 0.3 is 0 Å². The Morgan fingerprint density at radius 2 is 2.04 bits per heavy atom. The molecule has 0 amide bonds. The van der Waals surface area contributed by atoms with Crippen molar-refractivity contribution in [2.75, 3.05) is 7.11 Å².